The number of benzene rings is 9. The summed E-state index contributed by atoms with van der Waals surface area (Å²) in [5.74, 6) is 0. The quantitative estimate of drug-likeness (QED) is 0.129. The molecule has 2 nitrogen and oxygen atoms in total. The van der Waals surface area contributed by atoms with Gasteiger partial charge in [-0.05, 0) is 141 Å². The molecular formula is C60H46N2. The number of allylic oxidation sites excluding steroid dienone is 3. The van der Waals surface area contributed by atoms with Gasteiger partial charge in [-0.2, -0.15) is 0 Å². The van der Waals surface area contributed by atoms with Crippen molar-refractivity contribution >= 4 is 28.4 Å². The summed E-state index contributed by atoms with van der Waals surface area (Å²) in [6, 6.07) is 85.3. The fraction of sp³-hybridized carbons (Fsp3) is 0.0333. The Bertz CT molecular complexity index is 2950. The third kappa shape index (κ3) is 8.15. The van der Waals surface area contributed by atoms with E-state index in [1.54, 1.807) is 0 Å². The Morgan fingerprint density at radius 3 is 1.21 bits per heavy atom. The molecule has 296 valence electrons. The second-order valence-electron chi connectivity index (χ2n) is 15.7. The highest BCUT2D eigenvalue weighted by Gasteiger charge is 2.18. The molecule has 0 spiro atoms. The van der Waals surface area contributed by atoms with Gasteiger partial charge in [0, 0.05) is 34.1 Å². The van der Waals surface area contributed by atoms with Crippen LogP contribution in [-0.4, -0.2) is 0 Å². The SMILES string of the molecule is C1=CC(N(c2ccc(-c3ccccc3)cc2)c2ccc(-c3cccc(-c4ccc(N(c5ccccc5)c5ccc(-c6ccccc6)cc5)cc4-c4ccccc4)c3)cc2)=CCC1. The lowest BCUT2D eigenvalue weighted by Gasteiger charge is -2.28. The van der Waals surface area contributed by atoms with Crippen molar-refractivity contribution in [2.75, 3.05) is 9.80 Å². The van der Waals surface area contributed by atoms with Gasteiger partial charge in [-0.25, -0.2) is 0 Å². The number of para-hydroxylation sites is 1. The Balaban J connectivity index is 0.994. The average Bonchev–Trinajstić information content (AvgIpc) is 3.36. The van der Waals surface area contributed by atoms with Crippen molar-refractivity contribution < 1.29 is 0 Å². The maximum absolute atomic E-state index is 2.37. The van der Waals surface area contributed by atoms with Crippen LogP contribution < -0.4 is 9.80 Å². The minimum Gasteiger partial charge on any atom is -0.311 e. The zero-order valence-corrected chi connectivity index (χ0v) is 34.6. The standard InChI is InChI=1S/C60H46N2/c1-6-17-45(18-7-1)47-29-35-55(36-30-47)61(53-25-12-4-13-26-53)56-39-33-49(34-40-56)51-23-16-24-52(43-51)59-42-41-58(44-60(59)50-21-10-3-11-22-50)62(54-27-14-5-15-28-54)57-37-31-48(32-38-57)46-19-8-2-9-20-46/h1-3,5-12,14-44H,4,13H2. The van der Waals surface area contributed by atoms with Crippen molar-refractivity contribution in [1.82, 2.24) is 0 Å². The molecule has 0 fully saturated rings. The molecule has 62 heavy (non-hydrogen) atoms. The molecule has 0 amide bonds. The molecule has 0 atom stereocenters. The average molecular weight is 795 g/mol. The fourth-order valence-corrected chi connectivity index (χ4v) is 8.55. The summed E-state index contributed by atoms with van der Waals surface area (Å²) in [4.78, 5) is 4.72. The largest absolute Gasteiger partial charge is 0.311 e. The van der Waals surface area contributed by atoms with Crippen molar-refractivity contribution in [3.63, 3.8) is 0 Å². The molecule has 0 unspecified atom stereocenters. The topological polar surface area (TPSA) is 6.48 Å². The minimum atomic E-state index is 1.04. The number of nitrogens with zero attached hydrogens (tertiary/aromatic N) is 2. The highest BCUT2D eigenvalue weighted by Crippen LogP contribution is 2.42. The molecule has 9 aromatic rings. The van der Waals surface area contributed by atoms with Gasteiger partial charge in [-0.15, -0.1) is 0 Å². The molecule has 0 aliphatic heterocycles. The molecule has 0 saturated heterocycles. The predicted octanol–water partition coefficient (Wildman–Crippen LogP) is 16.9. The molecule has 0 aromatic heterocycles. The van der Waals surface area contributed by atoms with E-state index < -0.39 is 0 Å². The van der Waals surface area contributed by atoms with Crippen LogP contribution in [0, 0.1) is 0 Å². The predicted molar refractivity (Wildman–Crippen MR) is 263 cm³/mol. The van der Waals surface area contributed by atoms with Crippen LogP contribution in [0.15, 0.2) is 261 Å². The van der Waals surface area contributed by atoms with Gasteiger partial charge >= 0.3 is 0 Å². The van der Waals surface area contributed by atoms with Gasteiger partial charge in [-0.1, -0.05) is 182 Å². The van der Waals surface area contributed by atoms with Crippen LogP contribution in [-0.2, 0) is 0 Å². The van der Waals surface area contributed by atoms with Crippen LogP contribution in [0.2, 0.25) is 0 Å². The molecule has 0 heterocycles. The Morgan fingerprint density at radius 1 is 0.258 bits per heavy atom. The van der Waals surface area contributed by atoms with E-state index in [0.29, 0.717) is 0 Å². The zero-order valence-electron chi connectivity index (χ0n) is 34.6. The van der Waals surface area contributed by atoms with Crippen molar-refractivity contribution in [3.05, 3.63) is 261 Å². The fourth-order valence-electron chi connectivity index (χ4n) is 8.55. The van der Waals surface area contributed by atoms with E-state index in [1.807, 2.05) is 0 Å². The highest BCUT2D eigenvalue weighted by molar-refractivity contribution is 5.90. The number of anilines is 5. The number of hydrogen-bond donors (Lipinski definition) is 0. The molecule has 0 radical (unpaired) electrons. The maximum atomic E-state index is 2.37. The summed E-state index contributed by atoms with van der Waals surface area (Å²) in [6.45, 7) is 0. The van der Waals surface area contributed by atoms with Crippen LogP contribution in [0.1, 0.15) is 12.8 Å². The van der Waals surface area contributed by atoms with Gasteiger partial charge in [0.1, 0.15) is 0 Å². The summed E-state index contributed by atoms with van der Waals surface area (Å²) >= 11 is 0. The normalized spacial score (nSPS) is 12.1. The maximum Gasteiger partial charge on any atom is 0.0468 e. The van der Waals surface area contributed by atoms with Gasteiger partial charge in [0.2, 0.25) is 0 Å². The molecule has 9 aromatic carbocycles. The second kappa shape index (κ2) is 17.7. The Kier molecular flexibility index (Phi) is 10.9. The first-order chi connectivity index (χ1) is 30.7. The monoisotopic (exact) mass is 794 g/mol. The summed E-state index contributed by atoms with van der Waals surface area (Å²) < 4.78 is 0. The third-order valence-electron chi connectivity index (χ3n) is 11.7. The molecule has 10 rings (SSSR count). The van der Waals surface area contributed by atoms with E-state index in [9.17, 15) is 0 Å². The third-order valence-corrected chi connectivity index (χ3v) is 11.7. The summed E-state index contributed by atoms with van der Waals surface area (Å²) in [5, 5.41) is 0. The first kappa shape index (κ1) is 38.3. The number of rotatable bonds is 11. The molecular weight excluding hydrogens is 749 g/mol. The van der Waals surface area contributed by atoms with E-state index in [4.69, 9.17) is 0 Å². The first-order valence-electron chi connectivity index (χ1n) is 21.5. The van der Waals surface area contributed by atoms with Crippen molar-refractivity contribution in [2.45, 2.75) is 12.8 Å². The van der Waals surface area contributed by atoms with Gasteiger partial charge < -0.3 is 9.80 Å². The van der Waals surface area contributed by atoms with Crippen molar-refractivity contribution in [3.8, 4) is 55.6 Å². The first-order valence-corrected chi connectivity index (χ1v) is 21.5. The van der Waals surface area contributed by atoms with E-state index in [2.05, 4.69) is 265 Å². The van der Waals surface area contributed by atoms with E-state index >= 15 is 0 Å². The molecule has 2 heteroatoms. The van der Waals surface area contributed by atoms with Crippen LogP contribution in [0.4, 0.5) is 28.4 Å². The van der Waals surface area contributed by atoms with Gasteiger partial charge in [0.25, 0.3) is 0 Å². The lowest BCUT2D eigenvalue weighted by Crippen LogP contribution is -2.16. The molecule has 0 N–H and O–H groups in total. The Morgan fingerprint density at radius 2 is 0.677 bits per heavy atom. The molecule has 0 saturated carbocycles. The summed E-state index contributed by atoms with van der Waals surface area (Å²) in [6.07, 6.45) is 8.98. The van der Waals surface area contributed by atoms with E-state index in [-0.39, 0.29) is 0 Å². The summed E-state index contributed by atoms with van der Waals surface area (Å²) in [7, 11) is 0. The van der Waals surface area contributed by atoms with Crippen LogP contribution in [0.3, 0.4) is 0 Å². The van der Waals surface area contributed by atoms with Crippen molar-refractivity contribution in [2.24, 2.45) is 0 Å². The Labute approximate surface area is 365 Å². The molecule has 1 aliphatic rings. The van der Waals surface area contributed by atoms with Crippen LogP contribution in [0.5, 0.6) is 0 Å². The van der Waals surface area contributed by atoms with E-state index in [0.717, 1.165) is 41.3 Å². The second-order valence-corrected chi connectivity index (χ2v) is 15.7. The van der Waals surface area contributed by atoms with E-state index in [1.165, 1.54) is 61.3 Å². The minimum absolute atomic E-state index is 1.04. The molecule has 1 aliphatic carbocycles. The van der Waals surface area contributed by atoms with Gasteiger partial charge in [0.15, 0.2) is 0 Å². The lowest BCUT2D eigenvalue weighted by atomic mass is 9.91. The zero-order chi connectivity index (χ0) is 41.5. The van der Waals surface area contributed by atoms with Crippen LogP contribution >= 0.6 is 0 Å². The molecule has 0 bridgehead atoms. The van der Waals surface area contributed by atoms with Crippen molar-refractivity contribution in [1.29, 1.82) is 0 Å². The number of hydrogen-bond acceptors (Lipinski definition) is 2. The van der Waals surface area contributed by atoms with Crippen LogP contribution in [0.25, 0.3) is 55.6 Å². The van der Waals surface area contributed by atoms with Gasteiger partial charge in [-0.3, -0.25) is 0 Å². The van der Waals surface area contributed by atoms with Gasteiger partial charge in [0.05, 0.1) is 0 Å². The summed E-state index contributed by atoms with van der Waals surface area (Å²) in [5.41, 5.74) is 18.7. The smallest absolute Gasteiger partial charge is 0.0468 e. The lowest BCUT2D eigenvalue weighted by molar-refractivity contribution is 0.997. The Hall–Kier alpha value is -7.94. The highest BCUT2D eigenvalue weighted by atomic mass is 15.1.